The number of esters is 2. The second-order valence-electron chi connectivity index (χ2n) is 15.4. The molecule has 0 aliphatic rings. The van der Waals surface area contributed by atoms with Gasteiger partial charge in [-0.25, -0.2) is 19.3 Å². The molecule has 0 unspecified atom stereocenters. The van der Waals surface area contributed by atoms with E-state index in [-0.39, 0.29) is 29.7 Å². The van der Waals surface area contributed by atoms with Crippen molar-refractivity contribution in [3.05, 3.63) is 112 Å². The Morgan fingerprint density at radius 2 is 1.59 bits per heavy atom. The summed E-state index contributed by atoms with van der Waals surface area (Å²) in [5.74, 6) is -0.641. The molecule has 0 saturated carbocycles. The molecule has 336 valence electrons. The van der Waals surface area contributed by atoms with Crippen molar-refractivity contribution < 1.29 is 28.6 Å². The van der Waals surface area contributed by atoms with E-state index >= 15 is 0 Å². The Balaban J connectivity index is 0.000000250. The minimum Gasteiger partial charge on any atom is -0.462 e. The Bertz CT molecular complexity index is 2670. The van der Waals surface area contributed by atoms with Crippen LogP contribution in [-0.2, 0) is 34.0 Å². The molecule has 0 spiro atoms. The first-order chi connectivity index (χ1) is 30.4. The zero-order valence-corrected chi connectivity index (χ0v) is 42.2. The van der Waals surface area contributed by atoms with Crippen LogP contribution in [0.4, 0.5) is 5.82 Å². The number of aromatic amines is 1. The molecular weight excluding hydrogens is 1060 g/mol. The average Bonchev–Trinajstić information content (AvgIpc) is 3.96. The van der Waals surface area contributed by atoms with Crippen molar-refractivity contribution in [1.29, 1.82) is 10.5 Å². The lowest BCUT2D eigenvalue weighted by atomic mass is 10.0. The number of rotatable bonds is 14. The van der Waals surface area contributed by atoms with Crippen molar-refractivity contribution in [3.63, 3.8) is 0 Å². The number of fused-ring (bicyclic) bond motifs is 1. The highest BCUT2D eigenvalue weighted by Gasteiger charge is 2.19. The van der Waals surface area contributed by atoms with Crippen LogP contribution in [0.1, 0.15) is 84.1 Å². The molecule has 64 heavy (non-hydrogen) atoms. The van der Waals surface area contributed by atoms with Crippen LogP contribution in [0.15, 0.2) is 49.1 Å². The summed E-state index contributed by atoms with van der Waals surface area (Å²) < 4.78 is 19.8. The van der Waals surface area contributed by atoms with Crippen molar-refractivity contribution in [2.45, 2.75) is 80.1 Å². The number of anilines is 1. The van der Waals surface area contributed by atoms with E-state index in [9.17, 15) is 24.9 Å². The minimum absolute atomic E-state index is 0.0279. The van der Waals surface area contributed by atoms with E-state index in [0.717, 1.165) is 46.0 Å². The SMILES string of the molecule is CCOC(=O)c1cn(COCC[Si](C)(C)C)nc1I.CCOC(=O)c1cn[nH]c1I.Cc1cnc2c(C#N)cc(Cn3cc(C(=O)NCc4c(C)cc(N)nc4C)c(C#N)n3)cc2c1. The van der Waals surface area contributed by atoms with Crippen molar-refractivity contribution in [1.82, 2.24) is 45.0 Å². The number of aromatic nitrogens is 8. The van der Waals surface area contributed by atoms with Gasteiger partial charge in [0.15, 0.2) is 5.69 Å². The largest absolute Gasteiger partial charge is 0.462 e. The highest BCUT2D eigenvalue weighted by Crippen LogP contribution is 2.22. The number of nitrogen functional groups attached to an aromatic ring is 1. The Labute approximate surface area is 399 Å². The number of benzene rings is 1. The quantitative estimate of drug-likeness (QED) is 0.0421. The standard InChI is InChI=1S/C25H22N8O.C12H21IN2O3Si.C6H7IN2O2/c1-14-4-18-6-17(7-19(8-26)24(18)29-10-14)12-33-13-21(22(9-27)32-33)25(34)30-11-20-15(2)5-23(28)31-16(20)3;1-5-18-12(16)10-8-15(14-11(10)13)9-17-6-7-19(2,3)4;1-2-11-6(10)4-3-8-9-5(4)7/h4-7,10,13H,11-12H2,1-3H3,(H2,28,31)(H,30,34);8H,5-7,9H2,1-4H3;3H,2H2,1H3,(H,8,9). The number of carbonyl (C=O) groups is 3. The number of ether oxygens (including phenoxy) is 3. The van der Waals surface area contributed by atoms with Crippen LogP contribution in [0.2, 0.25) is 25.7 Å². The molecule has 6 aromatic rings. The summed E-state index contributed by atoms with van der Waals surface area (Å²) in [6, 6.07) is 12.7. The lowest BCUT2D eigenvalue weighted by molar-refractivity contribution is 0.0514. The number of carbonyl (C=O) groups excluding carboxylic acids is 3. The van der Waals surface area contributed by atoms with Gasteiger partial charge in [-0.2, -0.15) is 25.8 Å². The van der Waals surface area contributed by atoms with Crippen LogP contribution in [0, 0.1) is 50.8 Å². The second-order valence-corrected chi connectivity index (χ2v) is 23.1. The summed E-state index contributed by atoms with van der Waals surface area (Å²) >= 11 is 4.02. The first-order valence-corrected chi connectivity index (χ1v) is 25.9. The number of pyridine rings is 2. The molecule has 4 N–H and O–H groups in total. The van der Waals surface area contributed by atoms with E-state index in [2.05, 4.69) is 61.4 Å². The minimum atomic E-state index is -1.06. The van der Waals surface area contributed by atoms with E-state index in [1.165, 1.54) is 10.9 Å². The third-order valence-electron chi connectivity index (χ3n) is 9.08. The average molecular weight is 1110 g/mol. The number of nitriles is 2. The predicted molar refractivity (Wildman–Crippen MR) is 259 cm³/mol. The van der Waals surface area contributed by atoms with Crippen LogP contribution in [-0.4, -0.2) is 85.5 Å². The highest BCUT2D eigenvalue weighted by molar-refractivity contribution is 14.1. The fourth-order valence-corrected chi connectivity index (χ4v) is 7.82. The molecule has 5 aromatic heterocycles. The van der Waals surface area contributed by atoms with E-state index in [1.807, 2.05) is 84.2 Å². The molecule has 1 amide bonds. The molecule has 0 fully saturated rings. The van der Waals surface area contributed by atoms with Gasteiger partial charge in [0.2, 0.25) is 0 Å². The number of halogens is 2. The van der Waals surface area contributed by atoms with E-state index in [1.54, 1.807) is 49.3 Å². The summed E-state index contributed by atoms with van der Waals surface area (Å²) in [6.07, 6.45) is 6.40. The number of nitrogens with zero attached hydrogens (tertiary/aromatic N) is 9. The lowest BCUT2D eigenvalue weighted by Crippen LogP contribution is -2.24. The van der Waals surface area contributed by atoms with Crippen LogP contribution in [0.5, 0.6) is 0 Å². The van der Waals surface area contributed by atoms with Crippen LogP contribution in [0.3, 0.4) is 0 Å². The molecule has 5 heterocycles. The van der Waals surface area contributed by atoms with Crippen molar-refractivity contribution in [3.8, 4) is 12.1 Å². The fourth-order valence-electron chi connectivity index (χ4n) is 5.92. The molecule has 18 nitrogen and oxygen atoms in total. The van der Waals surface area contributed by atoms with E-state index < -0.39 is 14.0 Å². The zero-order valence-electron chi connectivity index (χ0n) is 36.9. The Morgan fingerprint density at radius 3 is 2.20 bits per heavy atom. The van der Waals surface area contributed by atoms with E-state index in [4.69, 9.17) is 19.9 Å². The Kier molecular flexibility index (Phi) is 18.9. The van der Waals surface area contributed by atoms with Gasteiger partial charge in [0.25, 0.3) is 5.91 Å². The molecule has 21 heteroatoms. The first kappa shape index (κ1) is 50.9. The molecule has 0 aliphatic heterocycles. The third-order valence-corrected chi connectivity index (χ3v) is 12.4. The van der Waals surface area contributed by atoms with Gasteiger partial charge in [0.05, 0.1) is 42.6 Å². The third kappa shape index (κ3) is 14.6. The molecule has 0 saturated heterocycles. The molecule has 0 bridgehead atoms. The number of aryl methyl sites for hydroxylation is 3. The molecule has 0 aliphatic carbocycles. The fraction of sp³-hybridized carbons (Fsp3) is 0.349. The summed E-state index contributed by atoms with van der Waals surface area (Å²) in [4.78, 5) is 44.1. The van der Waals surface area contributed by atoms with Crippen molar-refractivity contribution in [2.24, 2.45) is 0 Å². The zero-order chi connectivity index (χ0) is 47.1. The van der Waals surface area contributed by atoms with Crippen LogP contribution >= 0.6 is 45.2 Å². The number of nitrogens with two attached hydrogens (primary N) is 1. The number of hydrogen-bond acceptors (Lipinski definition) is 14. The monoisotopic (exact) mass is 1110 g/mol. The van der Waals surface area contributed by atoms with E-state index in [0.29, 0.717) is 61.9 Å². The van der Waals surface area contributed by atoms with Crippen molar-refractivity contribution >= 4 is 87.8 Å². The van der Waals surface area contributed by atoms with Gasteiger partial charge < -0.3 is 25.3 Å². The molecule has 0 radical (unpaired) electrons. The second kappa shape index (κ2) is 23.8. The topological polar surface area (TPSA) is 255 Å². The number of amides is 1. The van der Waals surface area contributed by atoms with Gasteiger partial charge in [0, 0.05) is 50.9 Å². The smallest absolute Gasteiger partial charge is 0.342 e. The number of hydrogen-bond donors (Lipinski definition) is 3. The summed E-state index contributed by atoms with van der Waals surface area (Å²) in [7, 11) is -1.06. The van der Waals surface area contributed by atoms with Gasteiger partial charge in [-0.3, -0.25) is 19.6 Å². The maximum Gasteiger partial charge on any atom is 0.342 e. The normalized spacial score (nSPS) is 10.8. The highest BCUT2D eigenvalue weighted by atomic mass is 127. The van der Waals surface area contributed by atoms with Crippen molar-refractivity contribution in [2.75, 3.05) is 25.6 Å². The first-order valence-electron chi connectivity index (χ1n) is 20.0. The number of H-pyrrole nitrogens is 1. The van der Waals surface area contributed by atoms with Gasteiger partial charge in [-0.15, -0.1) is 0 Å². The Morgan fingerprint density at radius 1 is 0.906 bits per heavy atom. The lowest BCUT2D eigenvalue weighted by Gasteiger charge is -2.15. The van der Waals surface area contributed by atoms with Gasteiger partial charge in [-0.1, -0.05) is 19.6 Å². The number of nitrogens with one attached hydrogen (secondary N) is 2. The molecule has 1 aromatic carbocycles. The molecule has 0 atom stereocenters. The molecular formula is C43H50I2N12O6Si. The van der Waals surface area contributed by atoms with Gasteiger partial charge >= 0.3 is 11.9 Å². The summed E-state index contributed by atoms with van der Waals surface area (Å²) in [5.41, 5.74) is 12.4. The molecule has 6 rings (SSSR count). The summed E-state index contributed by atoms with van der Waals surface area (Å²) in [6.45, 7) is 18.6. The van der Waals surface area contributed by atoms with Gasteiger partial charge in [-0.05, 0) is 132 Å². The Hall–Kier alpha value is -5.76. The van der Waals surface area contributed by atoms with Crippen LogP contribution < -0.4 is 11.1 Å². The summed E-state index contributed by atoms with van der Waals surface area (Å²) in [5, 5.41) is 37.6. The van der Waals surface area contributed by atoms with Crippen LogP contribution in [0.25, 0.3) is 10.9 Å². The predicted octanol–water partition coefficient (Wildman–Crippen LogP) is 7.22. The van der Waals surface area contributed by atoms with Gasteiger partial charge in [0.1, 0.15) is 43.2 Å². The maximum absolute atomic E-state index is 12.9. The maximum atomic E-state index is 12.9.